The number of aliphatic hydroxyl groups excluding tert-OH is 2. The van der Waals surface area contributed by atoms with Gasteiger partial charge in [0, 0.05) is 83.1 Å². The van der Waals surface area contributed by atoms with Crippen molar-refractivity contribution < 1.29 is 48.5 Å². The fourth-order valence-electron chi connectivity index (χ4n) is 12.1. The van der Waals surface area contributed by atoms with Crippen LogP contribution in [0.5, 0.6) is 0 Å². The number of esters is 1. The van der Waals surface area contributed by atoms with Crippen LogP contribution in [0.2, 0.25) is 0 Å². The summed E-state index contributed by atoms with van der Waals surface area (Å²) in [7, 11) is 10.1. The number of hydrogen-bond acceptors (Lipinski definition) is 11. The van der Waals surface area contributed by atoms with E-state index in [9.17, 15) is 20.1 Å². The van der Waals surface area contributed by atoms with Gasteiger partial charge in [-0.3, -0.25) is 0 Å². The number of likely N-dealkylation sites (tertiary alicyclic amines) is 1. The summed E-state index contributed by atoms with van der Waals surface area (Å²) in [6.45, 7) is 0.863. The average molecular weight is 640 g/mol. The lowest BCUT2D eigenvalue weighted by atomic mass is 9.42. The van der Waals surface area contributed by atoms with E-state index in [1.165, 1.54) is 7.11 Å². The second kappa shape index (κ2) is 10.8. The highest BCUT2D eigenvalue weighted by Gasteiger charge is 2.91. The lowest BCUT2D eigenvalue weighted by Crippen LogP contribution is -2.81. The standard InChI is InChI=1S/C32H45NO10.ClH/c1-33-14-29(15-38-2)18(34)12-19(39-3)31-17-13-30(37)26(43-28(36)16-10-8-7-9-11-16)20(17)32(42-6,25(35)27(30)41-5)21(24(31)33)22(40-4)23(29)31;/h7-11,17-27,34-35,37H,12-15H2,1-6H3;1H/t17-,18-,19+,20-,21+,22+,23-,24-,25+,26-,27+,29+,30-,31+,32-;/m1./s1. The number of carbonyl (C=O) groups excluding carboxylic acids is 1. The van der Waals surface area contributed by atoms with E-state index in [-0.39, 0.29) is 36.7 Å². The molecule has 1 spiro atoms. The van der Waals surface area contributed by atoms with Crippen LogP contribution in [0.4, 0.5) is 0 Å². The molecule has 7 rings (SSSR count). The molecule has 1 saturated heterocycles. The van der Waals surface area contributed by atoms with E-state index in [0.717, 1.165) is 0 Å². The molecule has 3 N–H and O–H groups in total. The third kappa shape index (κ3) is 3.47. The normalized spacial score (nSPS) is 51.5. The fraction of sp³-hybridized carbons (Fsp3) is 0.781. The second-order valence-electron chi connectivity index (χ2n) is 13.9. The molecule has 0 aromatic heterocycles. The molecule has 1 aromatic rings. The Hall–Kier alpha value is -1.38. The minimum absolute atomic E-state index is 0. The highest BCUT2D eigenvalue weighted by molar-refractivity contribution is 5.89. The molecule has 11 nitrogen and oxygen atoms in total. The number of benzene rings is 1. The van der Waals surface area contributed by atoms with Gasteiger partial charge < -0.3 is 48.6 Å². The first kappa shape index (κ1) is 32.6. The van der Waals surface area contributed by atoms with Crippen molar-refractivity contribution in [2.24, 2.45) is 34.5 Å². The Labute approximate surface area is 264 Å². The van der Waals surface area contributed by atoms with Gasteiger partial charge in [0.15, 0.2) is 0 Å². The minimum atomic E-state index is -1.71. The van der Waals surface area contributed by atoms with Crippen molar-refractivity contribution in [2.45, 2.75) is 66.7 Å². The molecule has 6 fully saturated rings. The Balaban J connectivity index is 0.00000343. The number of methoxy groups -OCH3 is 5. The van der Waals surface area contributed by atoms with Crippen molar-refractivity contribution >= 4 is 18.4 Å². The smallest absolute Gasteiger partial charge is 0.338 e. The van der Waals surface area contributed by atoms with E-state index < -0.39 is 76.5 Å². The maximum absolute atomic E-state index is 13.6. The van der Waals surface area contributed by atoms with Crippen LogP contribution in [0.1, 0.15) is 23.2 Å². The summed E-state index contributed by atoms with van der Waals surface area (Å²) < 4.78 is 37.4. The zero-order valence-corrected chi connectivity index (χ0v) is 26.9. The maximum atomic E-state index is 13.6. The summed E-state index contributed by atoms with van der Waals surface area (Å²) in [6.07, 6.45) is -4.43. The highest BCUT2D eigenvalue weighted by Crippen LogP contribution is 2.80. The quantitative estimate of drug-likeness (QED) is 0.348. The van der Waals surface area contributed by atoms with Gasteiger partial charge in [-0.1, -0.05) is 18.2 Å². The van der Waals surface area contributed by atoms with Crippen LogP contribution in [0.3, 0.4) is 0 Å². The van der Waals surface area contributed by atoms with Gasteiger partial charge in [-0.15, -0.1) is 12.4 Å². The molecule has 15 atom stereocenters. The molecule has 1 heterocycles. The lowest BCUT2D eigenvalue weighted by Gasteiger charge is -2.70. The largest absolute Gasteiger partial charge is 0.455 e. The third-order valence-electron chi connectivity index (χ3n) is 12.9. The van der Waals surface area contributed by atoms with E-state index in [0.29, 0.717) is 25.1 Å². The van der Waals surface area contributed by atoms with Crippen molar-refractivity contribution in [2.75, 3.05) is 55.7 Å². The van der Waals surface area contributed by atoms with Crippen molar-refractivity contribution in [3.63, 3.8) is 0 Å². The summed E-state index contributed by atoms with van der Waals surface area (Å²) in [4.78, 5) is 15.9. The molecule has 44 heavy (non-hydrogen) atoms. The van der Waals surface area contributed by atoms with E-state index in [1.54, 1.807) is 52.7 Å². The Bertz CT molecular complexity index is 1260. The predicted octanol–water partition coefficient (Wildman–Crippen LogP) is 0.763. The number of ether oxygens (including phenoxy) is 6. The van der Waals surface area contributed by atoms with Crippen molar-refractivity contribution in [1.82, 2.24) is 4.90 Å². The summed E-state index contributed by atoms with van der Waals surface area (Å²) in [6, 6.07) is 8.51. The van der Waals surface area contributed by atoms with Crippen LogP contribution in [-0.4, -0.2) is 136 Å². The zero-order valence-electron chi connectivity index (χ0n) is 26.1. The zero-order chi connectivity index (χ0) is 30.7. The number of aliphatic hydroxyl groups is 3. The third-order valence-corrected chi connectivity index (χ3v) is 12.9. The summed E-state index contributed by atoms with van der Waals surface area (Å²) in [5.74, 6) is -2.21. The van der Waals surface area contributed by atoms with Crippen molar-refractivity contribution in [3.8, 4) is 0 Å². The predicted molar refractivity (Wildman–Crippen MR) is 158 cm³/mol. The summed E-state index contributed by atoms with van der Waals surface area (Å²) in [5, 5.41) is 36.9. The van der Waals surface area contributed by atoms with Gasteiger partial charge in [-0.25, -0.2) is 4.79 Å². The van der Waals surface area contributed by atoms with E-state index >= 15 is 0 Å². The molecule has 0 amide bonds. The van der Waals surface area contributed by atoms with Gasteiger partial charge in [0.25, 0.3) is 0 Å². The molecule has 6 aliphatic rings. The Morgan fingerprint density at radius 3 is 2.30 bits per heavy atom. The van der Waals surface area contributed by atoms with Gasteiger partial charge in [-0.2, -0.15) is 0 Å². The Kier molecular flexibility index (Phi) is 8.02. The maximum Gasteiger partial charge on any atom is 0.338 e. The number of rotatable bonds is 8. The first-order chi connectivity index (χ1) is 20.6. The molecular formula is C32H46ClNO10. The highest BCUT2D eigenvalue weighted by atomic mass is 35.5. The molecule has 1 aliphatic heterocycles. The lowest BCUT2D eigenvalue weighted by molar-refractivity contribution is -0.324. The van der Waals surface area contributed by atoms with Crippen molar-refractivity contribution in [1.29, 1.82) is 0 Å². The fourth-order valence-corrected chi connectivity index (χ4v) is 12.1. The van der Waals surface area contributed by atoms with Gasteiger partial charge in [0.05, 0.1) is 30.5 Å². The number of fused-ring (bicyclic) bond motifs is 2. The molecule has 246 valence electrons. The molecular weight excluding hydrogens is 594 g/mol. The molecule has 1 aromatic carbocycles. The van der Waals surface area contributed by atoms with E-state index in [4.69, 9.17) is 28.4 Å². The molecule has 12 heteroatoms. The Morgan fingerprint density at radius 2 is 1.70 bits per heavy atom. The molecule has 0 unspecified atom stereocenters. The monoisotopic (exact) mass is 639 g/mol. The number of piperidine rings is 1. The van der Waals surface area contributed by atoms with Crippen LogP contribution in [0.25, 0.3) is 0 Å². The molecule has 7 bridgehead atoms. The number of nitrogens with zero attached hydrogens (tertiary/aromatic N) is 1. The Morgan fingerprint density at radius 1 is 1.00 bits per heavy atom. The summed E-state index contributed by atoms with van der Waals surface area (Å²) >= 11 is 0. The topological polar surface area (TPSA) is 136 Å². The van der Waals surface area contributed by atoms with Gasteiger partial charge in [0.1, 0.15) is 29.5 Å². The first-order valence-corrected chi connectivity index (χ1v) is 15.3. The summed E-state index contributed by atoms with van der Waals surface area (Å²) in [5.41, 5.74) is -4.01. The van der Waals surface area contributed by atoms with E-state index in [1.807, 2.05) is 13.1 Å². The second-order valence-corrected chi connectivity index (χ2v) is 13.9. The first-order valence-electron chi connectivity index (χ1n) is 15.3. The van der Waals surface area contributed by atoms with Crippen LogP contribution in [-0.2, 0) is 28.4 Å². The molecule has 0 radical (unpaired) electrons. The molecule has 5 saturated carbocycles. The van der Waals surface area contributed by atoms with Gasteiger partial charge >= 0.3 is 5.97 Å². The average Bonchev–Trinajstić information content (AvgIpc) is 3.38. The molecule has 5 aliphatic carbocycles. The van der Waals surface area contributed by atoms with Crippen molar-refractivity contribution in [3.05, 3.63) is 35.9 Å². The minimum Gasteiger partial charge on any atom is -0.455 e. The number of hydrogen-bond donors (Lipinski definition) is 3. The van der Waals surface area contributed by atoms with Gasteiger partial charge in [-0.05, 0) is 31.5 Å². The van der Waals surface area contributed by atoms with Crippen LogP contribution < -0.4 is 0 Å². The van der Waals surface area contributed by atoms with E-state index in [2.05, 4.69) is 4.90 Å². The van der Waals surface area contributed by atoms with Crippen LogP contribution >= 0.6 is 12.4 Å². The SMILES string of the molecule is COC[C@]12CN(C)[C@@H]3[C@@H]4[C@H](OC)[C@H]1[C@@]3([C@@H](OC)C[C@H]2O)[C@@H]1C[C@@]2(O)[C@H](OC(=O)c3ccccc3)[C@@H]1[C@]4(OC)[C@@H](O)[C@@H]2OC.Cl. The van der Waals surface area contributed by atoms with Crippen LogP contribution in [0.15, 0.2) is 30.3 Å². The number of halogens is 1. The van der Waals surface area contributed by atoms with Gasteiger partial charge in [0.2, 0.25) is 0 Å². The number of carbonyl (C=O) groups is 1. The van der Waals surface area contributed by atoms with Crippen LogP contribution in [0, 0.1) is 34.5 Å².